The van der Waals surface area contributed by atoms with Gasteiger partial charge in [-0.25, -0.2) is 13.6 Å². The van der Waals surface area contributed by atoms with E-state index in [4.69, 9.17) is 5.11 Å². The van der Waals surface area contributed by atoms with Gasteiger partial charge >= 0.3 is 24.3 Å². The predicted molar refractivity (Wildman–Crippen MR) is 89.3 cm³/mol. The minimum Gasteiger partial charge on any atom is -0.478 e. The fourth-order valence-corrected chi connectivity index (χ4v) is 2.67. The van der Waals surface area contributed by atoms with Crippen LogP contribution in [0.1, 0.15) is 23.2 Å². The fourth-order valence-electron chi connectivity index (χ4n) is 2.67. The van der Waals surface area contributed by atoms with Crippen LogP contribution >= 0.6 is 0 Å². The number of carboxylic acid groups (broad SMARTS) is 1. The number of halogens is 4. The van der Waals surface area contributed by atoms with E-state index in [1.165, 1.54) is 24.3 Å². The average molecular weight is 403 g/mol. The quantitative estimate of drug-likeness (QED) is 0.414. The lowest BCUT2D eigenvalue weighted by Crippen LogP contribution is -2.39. The number of alkyl halides is 4. The molecule has 152 valence electrons. The van der Waals surface area contributed by atoms with E-state index >= 15 is 0 Å². The molecule has 2 atom stereocenters. The number of hydrogen-bond donors (Lipinski definition) is 2. The van der Waals surface area contributed by atoms with Crippen LogP contribution in [0.3, 0.4) is 0 Å². The van der Waals surface area contributed by atoms with E-state index in [1.807, 2.05) is 0 Å². The fraction of sp³-hybridized carbons (Fsp3) is 0.389. The van der Waals surface area contributed by atoms with E-state index in [0.29, 0.717) is 0 Å². The lowest BCUT2D eigenvalue weighted by Gasteiger charge is -2.26. The van der Waals surface area contributed by atoms with Crippen LogP contribution in [0.4, 0.5) is 23.2 Å². The SMILES string of the molecule is O=C(O)c1cccc(NC(=O)[C@H]2CC=CC[C@@H]2C(=O)OCC(F)(F)C(F)F)c1. The summed E-state index contributed by atoms with van der Waals surface area (Å²) in [6.07, 6.45) is -0.671. The number of carbonyl (C=O) groups excluding carboxylic acids is 2. The van der Waals surface area contributed by atoms with Crippen molar-refractivity contribution in [3.05, 3.63) is 42.0 Å². The second kappa shape index (κ2) is 8.85. The van der Waals surface area contributed by atoms with Gasteiger partial charge in [-0.2, -0.15) is 8.78 Å². The van der Waals surface area contributed by atoms with Crippen LogP contribution in [-0.2, 0) is 14.3 Å². The highest BCUT2D eigenvalue weighted by Gasteiger charge is 2.43. The predicted octanol–water partition coefficient (Wildman–Crippen LogP) is 3.35. The Balaban J connectivity index is 2.07. The molecule has 1 aromatic carbocycles. The van der Waals surface area contributed by atoms with Gasteiger partial charge in [-0.3, -0.25) is 9.59 Å². The van der Waals surface area contributed by atoms with Crippen molar-refractivity contribution in [3.8, 4) is 0 Å². The van der Waals surface area contributed by atoms with E-state index in [1.54, 1.807) is 12.2 Å². The minimum atomic E-state index is -4.48. The summed E-state index contributed by atoms with van der Waals surface area (Å²) < 4.78 is 54.6. The molecule has 0 unspecified atom stereocenters. The van der Waals surface area contributed by atoms with Crippen molar-refractivity contribution in [2.75, 3.05) is 11.9 Å². The second-order valence-electron chi connectivity index (χ2n) is 6.20. The number of benzene rings is 1. The number of nitrogens with one attached hydrogen (secondary N) is 1. The molecule has 10 heteroatoms. The third-order valence-electron chi connectivity index (χ3n) is 4.18. The lowest BCUT2D eigenvalue weighted by atomic mass is 9.82. The first-order chi connectivity index (χ1) is 13.1. The Morgan fingerprint density at radius 2 is 1.82 bits per heavy atom. The number of aromatic carboxylic acids is 1. The molecule has 0 radical (unpaired) electrons. The normalized spacial score (nSPS) is 19.3. The largest absolute Gasteiger partial charge is 0.478 e. The van der Waals surface area contributed by atoms with Gasteiger partial charge in [-0.1, -0.05) is 18.2 Å². The molecule has 0 spiro atoms. The van der Waals surface area contributed by atoms with Crippen LogP contribution in [0.2, 0.25) is 0 Å². The molecule has 0 heterocycles. The summed E-state index contributed by atoms with van der Waals surface area (Å²) in [5.74, 6) is -9.60. The number of hydrogen-bond acceptors (Lipinski definition) is 4. The maximum atomic E-state index is 13.0. The van der Waals surface area contributed by atoms with Crippen LogP contribution in [0.15, 0.2) is 36.4 Å². The van der Waals surface area contributed by atoms with E-state index < -0.39 is 48.6 Å². The summed E-state index contributed by atoms with van der Waals surface area (Å²) >= 11 is 0. The molecule has 2 rings (SSSR count). The van der Waals surface area contributed by atoms with Gasteiger partial charge < -0.3 is 15.2 Å². The van der Waals surface area contributed by atoms with E-state index in [-0.39, 0.29) is 24.1 Å². The Bertz CT molecular complexity index is 781. The molecule has 6 nitrogen and oxygen atoms in total. The molecule has 0 aromatic heterocycles. The molecule has 0 saturated carbocycles. The lowest BCUT2D eigenvalue weighted by molar-refractivity contribution is -0.184. The van der Waals surface area contributed by atoms with Crippen molar-refractivity contribution >= 4 is 23.5 Å². The Hall–Kier alpha value is -2.91. The van der Waals surface area contributed by atoms with Crippen LogP contribution in [0, 0.1) is 11.8 Å². The molecule has 1 amide bonds. The van der Waals surface area contributed by atoms with Gasteiger partial charge in [-0.05, 0) is 31.0 Å². The highest BCUT2D eigenvalue weighted by molar-refractivity contribution is 5.97. The highest BCUT2D eigenvalue weighted by Crippen LogP contribution is 2.30. The zero-order valence-corrected chi connectivity index (χ0v) is 14.4. The molecule has 28 heavy (non-hydrogen) atoms. The Morgan fingerprint density at radius 1 is 1.18 bits per heavy atom. The molecule has 0 fully saturated rings. The first-order valence-corrected chi connectivity index (χ1v) is 8.23. The molecule has 1 aliphatic carbocycles. The topological polar surface area (TPSA) is 92.7 Å². The Labute approximate surface area is 157 Å². The molecule has 2 N–H and O–H groups in total. The second-order valence-corrected chi connectivity index (χ2v) is 6.20. The molecule has 0 bridgehead atoms. The van der Waals surface area contributed by atoms with Crippen LogP contribution in [0.25, 0.3) is 0 Å². The van der Waals surface area contributed by atoms with Crippen LogP contribution < -0.4 is 5.32 Å². The van der Waals surface area contributed by atoms with Gasteiger partial charge in [-0.15, -0.1) is 0 Å². The van der Waals surface area contributed by atoms with Crippen molar-refractivity contribution in [3.63, 3.8) is 0 Å². The Kier molecular flexibility index (Phi) is 6.76. The maximum Gasteiger partial charge on any atom is 0.340 e. The number of anilines is 1. The van der Waals surface area contributed by atoms with Crippen molar-refractivity contribution < 1.29 is 41.8 Å². The van der Waals surface area contributed by atoms with Gasteiger partial charge in [0, 0.05) is 5.69 Å². The molecule has 1 aromatic rings. The minimum absolute atomic E-state index is 0.0202. The maximum absolute atomic E-state index is 13.0. The van der Waals surface area contributed by atoms with Gasteiger partial charge in [0.25, 0.3) is 0 Å². The molecule has 0 aliphatic heterocycles. The van der Waals surface area contributed by atoms with Crippen molar-refractivity contribution in [1.29, 1.82) is 0 Å². The zero-order valence-electron chi connectivity index (χ0n) is 14.4. The third-order valence-corrected chi connectivity index (χ3v) is 4.18. The summed E-state index contributed by atoms with van der Waals surface area (Å²) in [4.78, 5) is 35.6. The van der Waals surface area contributed by atoms with Crippen molar-refractivity contribution in [2.24, 2.45) is 11.8 Å². The number of amides is 1. The van der Waals surface area contributed by atoms with Gasteiger partial charge in [0.05, 0.1) is 17.4 Å². The first-order valence-electron chi connectivity index (χ1n) is 8.23. The zero-order chi connectivity index (χ0) is 20.9. The number of esters is 1. The standard InChI is InChI=1S/C18H17F4NO5/c19-17(20)18(21,22)9-28-16(27)13-7-2-1-6-12(13)14(24)23-11-5-3-4-10(8-11)15(25)26/h1-5,8,12-13,17H,6-7,9H2,(H,23,24)(H,25,26)/t12-,13-/m0/s1. The summed E-state index contributed by atoms with van der Waals surface area (Å²) in [6.45, 7) is -1.78. The first kappa shape index (κ1) is 21.4. The summed E-state index contributed by atoms with van der Waals surface area (Å²) in [5.41, 5.74) is 0.113. The molecule has 0 saturated heterocycles. The van der Waals surface area contributed by atoms with Crippen LogP contribution in [0.5, 0.6) is 0 Å². The Morgan fingerprint density at radius 3 is 2.43 bits per heavy atom. The van der Waals surface area contributed by atoms with Gasteiger partial charge in [0.1, 0.15) is 0 Å². The summed E-state index contributed by atoms with van der Waals surface area (Å²) in [7, 11) is 0. The number of allylic oxidation sites excluding steroid dienone is 2. The van der Waals surface area contributed by atoms with E-state index in [2.05, 4.69) is 10.1 Å². The number of rotatable bonds is 7. The van der Waals surface area contributed by atoms with Crippen molar-refractivity contribution in [1.82, 2.24) is 0 Å². The summed E-state index contributed by atoms with van der Waals surface area (Å²) in [5, 5.41) is 11.4. The smallest absolute Gasteiger partial charge is 0.340 e. The van der Waals surface area contributed by atoms with Crippen molar-refractivity contribution in [2.45, 2.75) is 25.2 Å². The monoisotopic (exact) mass is 403 g/mol. The van der Waals surface area contributed by atoms with Gasteiger partial charge in [0.15, 0.2) is 6.61 Å². The number of carbonyl (C=O) groups is 3. The third kappa shape index (κ3) is 5.30. The van der Waals surface area contributed by atoms with Gasteiger partial charge in [0.2, 0.25) is 5.91 Å². The van der Waals surface area contributed by atoms with E-state index in [0.717, 1.165) is 0 Å². The highest BCUT2D eigenvalue weighted by atomic mass is 19.3. The average Bonchev–Trinajstić information content (AvgIpc) is 2.66. The summed E-state index contributed by atoms with van der Waals surface area (Å²) in [6, 6.07) is 5.40. The molecular weight excluding hydrogens is 386 g/mol. The molecule has 1 aliphatic rings. The van der Waals surface area contributed by atoms with E-state index in [9.17, 15) is 31.9 Å². The molecular formula is C18H17F4NO5. The van der Waals surface area contributed by atoms with Crippen LogP contribution in [-0.4, -0.2) is 41.9 Å². The number of carboxylic acids is 1. The number of ether oxygens (including phenoxy) is 1.